The van der Waals surface area contributed by atoms with E-state index in [2.05, 4.69) is 19.2 Å². The topological polar surface area (TPSA) is 50.8 Å². The summed E-state index contributed by atoms with van der Waals surface area (Å²) in [4.78, 5) is 14.1. The fourth-order valence-electron chi connectivity index (χ4n) is 2.19. The Morgan fingerprint density at radius 1 is 1.33 bits per heavy atom. The molecule has 106 valence electrons. The number of hydrogen-bond donors (Lipinski definition) is 1. The Hall–Kier alpha value is -0.650. The van der Waals surface area contributed by atoms with Crippen LogP contribution in [0.15, 0.2) is 0 Å². The maximum Gasteiger partial charge on any atom is 0.248 e. The molecule has 1 amide bonds. The fraction of sp³-hybridized carbons (Fsp3) is 0.923. The lowest BCUT2D eigenvalue weighted by atomic mass is 10.1. The van der Waals surface area contributed by atoms with Crippen LogP contribution in [0.1, 0.15) is 26.7 Å². The molecule has 0 saturated carbocycles. The normalized spacial score (nSPS) is 24.3. The highest BCUT2D eigenvalue weighted by molar-refractivity contribution is 5.78. The highest BCUT2D eigenvalue weighted by Crippen LogP contribution is 2.12. The number of carbonyl (C=O) groups is 1. The predicted octanol–water partition coefficient (Wildman–Crippen LogP) is 0.638. The molecule has 0 aromatic carbocycles. The van der Waals surface area contributed by atoms with Gasteiger partial charge in [-0.15, -0.1) is 0 Å². The lowest BCUT2D eigenvalue weighted by molar-refractivity contribution is -0.140. The first-order valence-electron chi connectivity index (χ1n) is 6.82. The van der Waals surface area contributed by atoms with Crippen LogP contribution in [0.3, 0.4) is 0 Å². The Kier molecular flexibility index (Phi) is 7.23. The Morgan fingerprint density at radius 3 is 2.72 bits per heavy atom. The van der Waals surface area contributed by atoms with E-state index in [1.54, 1.807) is 7.11 Å². The van der Waals surface area contributed by atoms with Crippen LogP contribution in [-0.4, -0.2) is 62.9 Å². The van der Waals surface area contributed by atoms with Gasteiger partial charge in [0.2, 0.25) is 5.91 Å². The number of carbonyl (C=O) groups excluding carboxylic acids is 1. The minimum atomic E-state index is 0.0953. The zero-order chi connectivity index (χ0) is 13.4. The third-order valence-electron chi connectivity index (χ3n) is 3.44. The standard InChI is InChI=1S/C13H26N2O3/c1-4-11-9-15(12(5-2)8-14-11)13(16)10-18-7-6-17-3/h11-12,14H,4-10H2,1-3H3. The molecule has 5 nitrogen and oxygen atoms in total. The average molecular weight is 258 g/mol. The summed E-state index contributed by atoms with van der Waals surface area (Å²) in [6.07, 6.45) is 2.03. The van der Waals surface area contributed by atoms with Gasteiger partial charge in [0.05, 0.1) is 13.2 Å². The molecule has 0 bridgehead atoms. The van der Waals surface area contributed by atoms with Gasteiger partial charge < -0.3 is 19.7 Å². The minimum absolute atomic E-state index is 0.0953. The fourth-order valence-corrected chi connectivity index (χ4v) is 2.19. The van der Waals surface area contributed by atoms with Gasteiger partial charge in [-0.3, -0.25) is 4.79 Å². The SMILES string of the molecule is CCC1CN(C(=O)COCCOC)C(CC)CN1. The van der Waals surface area contributed by atoms with Crippen LogP contribution in [0.4, 0.5) is 0 Å². The molecular formula is C13H26N2O3. The van der Waals surface area contributed by atoms with Crippen LogP contribution in [0.5, 0.6) is 0 Å². The largest absolute Gasteiger partial charge is 0.382 e. The molecular weight excluding hydrogens is 232 g/mol. The monoisotopic (exact) mass is 258 g/mol. The van der Waals surface area contributed by atoms with Crippen LogP contribution in [0, 0.1) is 0 Å². The summed E-state index contributed by atoms with van der Waals surface area (Å²) in [6, 6.07) is 0.710. The molecule has 1 rings (SSSR count). The summed E-state index contributed by atoms with van der Waals surface area (Å²) in [5.41, 5.74) is 0. The molecule has 1 aliphatic heterocycles. The van der Waals surface area contributed by atoms with Crippen molar-refractivity contribution in [2.75, 3.05) is 40.0 Å². The lowest BCUT2D eigenvalue weighted by Crippen LogP contribution is -2.58. The lowest BCUT2D eigenvalue weighted by Gasteiger charge is -2.40. The van der Waals surface area contributed by atoms with Gasteiger partial charge in [0.25, 0.3) is 0 Å². The number of amides is 1. The van der Waals surface area contributed by atoms with E-state index >= 15 is 0 Å². The summed E-state index contributed by atoms with van der Waals surface area (Å²) >= 11 is 0. The van der Waals surface area contributed by atoms with Gasteiger partial charge in [-0.05, 0) is 12.8 Å². The predicted molar refractivity (Wildman–Crippen MR) is 70.6 cm³/mol. The molecule has 1 fully saturated rings. The van der Waals surface area contributed by atoms with E-state index in [9.17, 15) is 4.79 Å². The molecule has 2 unspecified atom stereocenters. The molecule has 1 aliphatic rings. The first-order valence-corrected chi connectivity index (χ1v) is 6.82. The Morgan fingerprint density at radius 2 is 2.11 bits per heavy atom. The number of nitrogens with one attached hydrogen (secondary N) is 1. The van der Waals surface area contributed by atoms with Gasteiger partial charge >= 0.3 is 0 Å². The van der Waals surface area contributed by atoms with Crippen molar-refractivity contribution in [1.82, 2.24) is 10.2 Å². The Bertz CT molecular complexity index is 248. The second-order valence-corrected chi connectivity index (χ2v) is 4.67. The van der Waals surface area contributed by atoms with Gasteiger partial charge in [0.1, 0.15) is 6.61 Å². The summed E-state index contributed by atoms with van der Waals surface area (Å²) < 4.78 is 10.2. The van der Waals surface area contributed by atoms with Crippen molar-refractivity contribution < 1.29 is 14.3 Å². The molecule has 5 heteroatoms. The maximum atomic E-state index is 12.1. The van der Waals surface area contributed by atoms with E-state index < -0.39 is 0 Å². The van der Waals surface area contributed by atoms with Crippen molar-refractivity contribution in [2.24, 2.45) is 0 Å². The number of methoxy groups -OCH3 is 1. The summed E-state index contributed by atoms with van der Waals surface area (Å²) in [7, 11) is 1.63. The second kappa shape index (κ2) is 8.45. The zero-order valence-electron chi connectivity index (χ0n) is 11.8. The highest BCUT2D eigenvalue weighted by atomic mass is 16.5. The van der Waals surface area contributed by atoms with E-state index in [0.29, 0.717) is 25.3 Å². The number of piperazine rings is 1. The number of nitrogens with zero attached hydrogens (tertiary/aromatic N) is 1. The molecule has 2 atom stereocenters. The van der Waals surface area contributed by atoms with Crippen molar-refractivity contribution in [3.8, 4) is 0 Å². The molecule has 1 heterocycles. The molecule has 0 aliphatic carbocycles. The third-order valence-corrected chi connectivity index (χ3v) is 3.44. The first-order chi connectivity index (χ1) is 8.72. The first kappa shape index (κ1) is 15.4. The van der Waals surface area contributed by atoms with Crippen molar-refractivity contribution >= 4 is 5.91 Å². The molecule has 0 spiro atoms. The minimum Gasteiger partial charge on any atom is -0.382 e. The van der Waals surface area contributed by atoms with E-state index in [0.717, 1.165) is 25.9 Å². The van der Waals surface area contributed by atoms with Gasteiger partial charge in [0, 0.05) is 32.3 Å². The van der Waals surface area contributed by atoms with Crippen molar-refractivity contribution in [1.29, 1.82) is 0 Å². The molecule has 0 aromatic heterocycles. The average Bonchev–Trinajstić information content (AvgIpc) is 2.42. The molecule has 0 radical (unpaired) electrons. The van der Waals surface area contributed by atoms with E-state index in [4.69, 9.17) is 9.47 Å². The van der Waals surface area contributed by atoms with Crippen LogP contribution in [-0.2, 0) is 14.3 Å². The summed E-state index contributed by atoms with van der Waals surface area (Å²) in [5.74, 6) is 0.0953. The Balaban J connectivity index is 2.40. The van der Waals surface area contributed by atoms with Crippen LogP contribution >= 0.6 is 0 Å². The van der Waals surface area contributed by atoms with Crippen LogP contribution in [0.2, 0.25) is 0 Å². The maximum absolute atomic E-state index is 12.1. The van der Waals surface area contributed by atoms with Crippen LogP contribution < -0.4 is 5.32 Å². The van der Waals surface area contributed by atoms with Gasteiger partial charge in [0.15, 0.2) is 0 Å². The smallest absolute Gasteiger partial charge is 0.248 e. The highest BCUT2D eigenvalue weighted by Gasteiger charge is 2.29. The molecule has 0 aromatic rings. The molecule has 1 N–H and O–H groups in total. The number of ether oxygens (including phenoxy) is 2. The zero-order valence-corrected chi connectivity index (χ0v) is 11.8. The van der Waals surface area contributed by atoms with Gasteiger partial charge in [-0.2, -0.15) is 0 Å². The Labute approximate surface area is 110 Å². The van der Waals surface area contributed by atoms with E-state index in [1.165, 1.54) is 0 Å². The third kappa shape index (κ3) is 4.55. The molecule has 1 saturated heterocycles. The summed E-state index contributed by atoms with van der Waals surface area (Å²) in [5, 5.41) is 3.48. The number of hydrogen-bond acceptors (Lipinski definition) is 4. The summed E-state index contributed by atoms with van der Waals surface area (Å²) in [6.45, 7) is 7.11. The van der Waals surface area contributed by atoms with Crippen molar-refractivity contribution in [3.63, 3.8) is 0 Å². The van der Waals surface area contributed by atoms with Crippen molar-refractivity contribution in [3.05, 3.63) is 0 Å². The van der Waals surface area contributed by atoms with Crippen LogP contribution in [0.25, 0.3) is 0 Å². The number of rotatable bonds is 7. The van der Waals surface area contributed by atoms with Gasteiger partial charge in [-0.1, -0.05) is 13.8 Å². The molecule has 18 heavy (non-hydrogen) atoms. The van der Waals surface area contributed by atoms with E-state index in [-0.39, 0.29) is 12.5 Å². The quantitative estimate of drug-likeness (QED) is 0.681. The van der Waals surface area contributed by atoms with Gasteiger partial charge in [-0.25, -0.2) is 0 Å². The van der Waals surface area contributed by atoms with E-state index in [1.807, 2.05) is 4.90 Å². The van der Waals surface area contributed by atoms with Crippen molar-refractivity contribution in [2.45, 2.75) is 38.8 Å². The second-order valence-electron chi connectivity index (χ2n) is 4.67.